The lowest BCUT2D eigenvalue weighted by Crippen LogP contribution is -2.20. The first-order valence-corrected chi connectivity index (χ1v) is 11.6. The molecule has 0 aromatic heterocycles. The summed E-state index contributed by atoms with van der Waals surface area (Å²) in [5.74, 6) is 0.260. The number of hydrogen-bond donors (Lipinski definition) is 2. The Hall–Kier alpha value is -2.90. The molecule has 4 rings (SSSR count). The molecular formula is C27H33FO6. The second kappa shape index (κ2) is 11.0. The molecule has 2 aromatic carbocycles. The molecule has 6 nitrogen and oxygen atoms in total. The molecule has 2 aromatic rings. The van der Waals surface area contributed by atoms with Crippen LogP contribution in [0.4, 0.5) is 4.39 Å². The third-order valence-electron chi connectivity index (χ3n) is 6.00. The molecule has 0 amide bonds. The number of aliphatic hydroxyl groups is 2. The van der Waals surface area contributed by atoms with Gasteiger partial charge in [-0.05, 0) is 61.1 Å². The molecule has 0 fully saturated rings. The van der Waals surface area contributed by atoms with Gasteiger partial charge in [-0.2, -0.15) is 0 Å². The van der Waals surface area contributed by atoms with Crippen LogP contribution in [0.3, 0.4) is 0 Å². The van der Waals surface area contributed by atoms with E-state index in [1.165, 1.54) is 12.1 Å². The fourth-order valence-corrected chi connectivity index (χ4v) is 4.33. The van der Waals surface area contributed by atoms with Crippen LogP contribution >= 0.6 is 0 Å². The third-order valence-corrected chi connectivity index (χ3v) is 6.00. The highest BCUT2D eigenvalue weighted by Crippen LogP contribution is 2.46. The van der Waals surface area contributed by atoms with Crippen molar-refractivity contribution in [3.63, 3.8) is 0 Å². The summed E-state index contributed by atoms with van der Waals surface area (Å²) in [5.41, 5.74) is 5.34. The number of carbonyl (C=O) groups excluding carboxylic acids is 1. The van der Waals surface area contributed by atoms with Crippen molar-refractivity contribution in [3.05, 3.63) is 52.3 Å². The highest BCUT2D eigenvalue weighted by atomic mass is 19.1. The smallest absolute Gasteiger partial charge is 0.308 e. The molecule has 2 unspecified atom stereocenters. The van der Waals surface area contributed by atoms with Gasteiger partial charge in [0.25, 0.3) is 0 Å². The molecule has 7 heteroatoms. The van der Waals surface area contributed by atoms with Gasteiger partial charge in [-0.3, -0.25) is 4.79 Å². The van der Waals surface area contributed by atoms with E-state index in [9.17, 15) is 19.4 Å². The van der Waals surface area contributed by atoms with Crippen molar-refractivity contribution in [3.8, 4) is 22.6 Å². The molecule has 0 spiro atoms. The van der Waals surface area contributed by atoms with Crippen molar-refractivity contribution >= 4 is 12.0 Å². The number of benzene rings is 2. The molecular weight excluding hydrogens is 439 g/mol. The number of carbonyl (C=O) groups is 1. The van der Waals surface area contributed by atoms with Crippen molar-refractivity contribution in [2.45, 2.75) is 65.6 Å². The van der Waals surface area contributed by atoms with Crippen LogP contribution in [0, 0.1) is 19.7 Å². The van der Waals surface area contributed by atoms with Crippen molar-refractivity contribution in [2.24, 2.45) is 0 Å². The van der Waals surface area contributed by atoms with E-state index in [0.29, 0.717) is 11.5 Å². The summed E-state index contributed by atoms with van der Waals surface area (Å²) < 4.78 is 30.7. The summed E-state index contributed by atoms with van der Waals surface area (Å²) in [6, 6.07) is 4.43. The van der Waals surface area contributed by atoms with Gasteiger partial charge in [-0.25, -0.2) is 4.39 Å². The lowest BCUT2D eigenvalue weighted by molar-refractivity contribution is -0.145. The fraction of sp³-hybridized carbons (Fsp3) is 0.444. The van der Waals surface area contributed by atoms with Gasteiger partial charge in [0, 0.05) is 23.6 Å². The minimum Gasteiger partial charge on any atom is -0.466 e. The number of fused-ring (bicyclic) bond motifs is 4. The van der Waals surface area contributed by atoms with Gasteiger partial charge >= 0.3 is 5.97 Å². The summed E-state index contributed by atoms with van der Waals surface area (Å²) in [6.07, 6.45) is 1.20. The van der Waals surface area contributed by atoms with Crippen molar-refractivity contribution in [1.82, 2.24) is 0 Å². The molecule has 2 aliphatic rings. The Kier molecular flexibility index (Phi) is 8.33. The maximum absolute atomic E-state index is 14.0. The van der Waals surface area contributed by atoms with Crippen molar-refractivity contribution < 1.29 is 33.6 Å². The summed E-state index contributed by atoms with van der Waals surface area (Å²) >= 11 is 0. The molecule has 2 atom stereocenters. The fourth-order valence-electron chi connectivity index (χ4n) is 4.33. The molecule has 0 saturated carbocycles. The quantitative estimate of drug-likeness (QED) is 0.524. The zero-order valence-electron chi connectivity index (χ0n) is 20.4. The van der Waals surface area contributed by atoms with Gasteiger partial charge in [0.15, 0.2) is 0 Å². The second-order valence-corrected chi connectivity index (χ2v) is 8.81. The maximum Gasteiger partial charge on any atom is 0.308 e. The van der Waals surface area contributed by atoms with E-state index in [4.69, 9.17) is 14.2 Å². The SMILES string of the molecule is CCOC(=O)CC(O)CC(O)/C=C/c1c2c(C)c(C)c(c1C(C)C)OCOc1cc(F)ccc1-2. The Labute approximate surface area is 200 Å². The predicted octanol–water partition coefficient (Wildman–Crippen LogP) is 5.04. The standard InChI is InChI=1S/C27H33FO6/c1-6-32-24(31)13-20(30)12-19(29)8-10-22-25(15(2)3)27-17(5)16(4)26(22)21-9-7-18(28)11-23(21)33-14-34-27/h7-11,15,19-20,29-30H,6,12-14H2,1-5H3/b10-8+. The number of aliphatic hydroxyl groups excluding tert-OH is 2. The Balaban J connectivity index is 2.07. The van der Waals surface area contributed by atoms with Crippen LogP contribution in [0.2, 0.25) is 0 Å². The van der Waals surface area contributed by atoms with E-state index in [0.717, 1.165) is 33.4 Å². The highest BCUT2D eigenvalue weighted by Gasteiger charge is 2.26. The van der Waals surface area contributed by atoms with Crippen LogP contribution in [0.25, 0.3) is 17.2 Å². The molecule has 2 heterocycles. The van der Waals surface area contributed by atoms with Gasteiger partial charge < -0.3 is 24.4 Å². The van der Waals surface area contributed by atoms with Crippen LogP contribution in [0.1, 0.15) is 61.8 Å². The zero-order valence-corrected chi connectivity index (χ0v) is 20.4. The van der Waals surface area contributed by atoms with Gasteiger partial charge in [0.05, 0.1) is 25.2 Å². The third kappa shape index (κ3) is 5.59. The Bertz CT molecular complexity index is 1080. The number of halogens is 1. The summed E-state index contributed by atoms with van der Waals surface area (Å²) in [5, 5.41) is 20.7. The van der Waals surface area contributed by atoms with Gasteiger partial charge in [0.2, 0.25) is 6.79 Å². The first kappa shape index (κ1) is 25.7. The highest BCUT2D eigenvalue weighted by molar-refractivity contribution is 5.86. The van der Waals surface area contributed by atoms with Gasteiger partial charge in [-0.1, -0.05) is 26.0 Å². The van der Waals surface area contributed by atoms with Crippen LogP contribution in [0.15, 0.2) is 24.3 Å². The van der Waals surface area contributed by atoms with Crippen LogP contribution < -0.4 is 9.47 Å². The van der Waals surface area contributed by atoms with E-state index in [1.54, 1.807) is 19.1 Å². The van der Waals surface area contributed by atoms with Crippen LogP contribution in [-0.2, 0) is 9.53 Å². The topological polar surface area (TPSA) is 85.2 Å². The van der Waals surface area contributed by atoms with Crippen molar-refractivity contribution in [2.75, 3.05) is 13.4 Å². The average molecular weight is 473 g/mol. The lowest BCUT2D eigenvalue weighted by atomic mass is 9.83. The number of rotatable bonds is 8. The minimum absolute atomic E-state index is 0.0131. The van der Waals surface area contributed by atoms with E-state index in [-0.39, 0.29) is 32.2 Å². The van der Waals surface area contributed by atoms with Gasteiger partial charge in [-0.15, -0.1) is 0 Å². The zero-order chi connectivity index (χ0) is 25.0. The summed E-state index contributed by atoms with van der Waals surface area (Å²) in [4.78, 5) is 11.6. The number of esters is 1. The van der Waals surface area contributed by atoms with E-state index < -0.39 is 24.0 Å². The van der Waals surface area contributed by atoms with E-state index in [2.05, 4.69) is 13.8 Å². The van der Waals surface area contributed by atoms with Crippen LogP contribution in [0.5, 0.6) is 11.5 Å². The minimum atomic E-state index is -1.03. The second-order valence-electron chi connectivity index (χ2n) is 8.81. The number of ether oxygens (including phenoxy) is 3. The first-order chi connectivity index (χ1) is 16.1. The largest absolute Gasteiger partial charge is 0.466 e. The summed E-state index contributed by atoms with van der Waals surface area (Å²) in [7, 11) is 0. The Morgan fingerprint density at radius 2 is 1.94 bits per heavy atom. The normalized spacial score (nSPS) is 14.6. The predicted molar refractivity (Wildman–Crippen MR) is 128 cm³/mol. The molecule has 184 valence electrons. The number of hydrogen-bond acceptors (Lipinski definition) is 6. The monoisotopic (exact) mass is 472 g/mol. The average Bonchev–Trinajstić information content (AvgIpc) is 2.84. The molecule has 34 heavy (non-hydrogen) atoms. The van der Waals surface area contributed by atoms with Gasteiger partial charge in [0.1, 0.15) is 17.3 Å². The molecule has 2 N–H and O–H groups in total. The molecule has 0 saturated heterocycles. The van der Waals surface area contributed by atoms with Crippen LogP contribution in [-0.4, -0.2) is 41.8 Å². The Morgan fingerprint density at radius 1 is 1.21 bits per heavy atom. The van der Waals surface area contributed by atoms with Crippen molar-refractivity contribution in [1.29, 1.82) is 0 Å². The van der Waals surface area contributed by atoms with E-state index >= 15 is 0 Å². The lowest BCUT2D eigenvalue weighted by Gasteiger charge is -2.23. The Morgan fingerprint density at radius 3 is 2.62 bits per heavy atom. The van der Waals surface area contributed by atoms with E-state index in [1.807, 2.05) is 19.9 Å². The molecule has 0 radical (unpaired) electrons. The molecule has 2 aliphatic heterocycles. The molecule has 2 bridgehead atoms. The first-order valence-electron chi connectivity index (χ1n) is 11.6. The molecule has 0 aliphatic carbocycles. The maximum atomic E-state index is 14.0. The summed E-state index contributed by atoms with van der Waals surface area (Å²) in [6.45, 7) is 9.96.